The second-order valence-corrected chi connectivity index (χ2v) is 7.01. The molecule has 5 nitrogen and oxygen atoms in total. The molecule has 27 heavy (non-hydrogen) atoms. The molecule has 0 saturated carbocycles. The number of carbonyl (C=O) groups excluding carboxylic acids is 1. The van der Waals surface area contributed by atoms with Crippen molar-refractivity contribution in [2.45, 2.75) is 26.3 Å². The Bertz CT molecular complexity index is 993. The fourth-order valence-corrected chi connectivity index (χ4v) is 2.76. The monoisotopic (exact) mass is 381 g/mol. The van der Waals surface area contributed by atoms with Gasteiger partial charge in [0.15, 0.2) is 0 Å². The van der Waals surface area contributed by atoms with Gasteiger partial charge in [0.25, 0.3) is 5.56 Å². The minimum atomic E-state index is -0.291. The number of halogens is 1. The summed E-state index contributed by atoms with van der Waals surface area (Å²) in [5, 5.41) is 3.41. The summed E-state index contributed by atoms with van der Waals surface area (Å²) >= 11 is 5.87. The van der Waals surface area contributed by atoms with Crippen LogP contribution in [0.3, 0.4) is 0 Å². The van der Waals surface area contributed by atoms with Crippen LogP contribution in [-0.2, 0) is 11.3 Å². The largest absolute Gasteiger partial charge is 0.325 e. The van der Waals surface area contributed by atoms with E-state index in [0.29, 0.717) is 22.3 Å². The third kappa shape index (κ3) is 4.83. The van der Waals surface area contributed by atoms with E-state index < -0.39 is 0 Å². The smallest absolute Gasteiger partial charge is 0.254 e. The predicted octanol–water partition coefficient (Wildman–Crippen LogP) is 4.33. The first-order chi connectivity index (χ1) is 12.9. The van der Waals surface area contributed by atoms with Gasteiger partial charge in [-0.05, 0) is 35.7 Å². The van der Waals surface area contributed by atoms with E-state index in [1.165, 1.54) is 22.5 Å². The first-order valence-electron chi connectivity index (χ1n) is 8.64. The summed E-state index contributed by atoms with van der Waals surface area (Å²) in [6.07, 6.45) is 1.38. The third-order valence-electron chi connectivity index (χ3n) is 4.19. The van der Waals surface area contributed by atoms with Crippen LogP contribution in [0.25, 0.3) is 11.3 Å². The molecule has 3 rings (SSSR count). The lowest BCUT2D eigenvalue weighted by Crippen LogP contribution is -2.27. The van der Waals surface area contributed by atoms with Gasteiger partial charge in [0.05, 0.1) is 12.0 Å². The standard InChI is InChI=1S/C21H20ClN3O2/c1-14(2)15-5-9-18(10-6-15)24-20(26)12-25-13-23-19(11-21(25)27)16-3-7-17(22)8-4-16/h3-11,13-14H,12H2,1-2H3,(H,24,26). The molecule has 0 spiro atoms. The van der Waals surface area contributed by atoms with Gasteiger partial charge in [0.2, 0.25) is 5.91 Å². The summed E-state index contributed by atoms with van der Waals surface area (Å²) in [5.74, 6) is 0.147. The highest BCUT2D eigenvalue weighted by atomic mass is 35.5. The molecule has 0 aliphatic carbocycles. The lowest BCUT2D eigenvalue weighted by Gasteiger charge is -2.10. The zero-order valence-corrected chi connectivity index (χ0v) is 15.9. The number of anilines is 1. The normalized spacial score (nSPS) is 10.8. The molecule has 0 unspecified atom stereocenters. The highest BCUT2D eigenvalue weighted by molar-refractivity contribution is 6.30. The van der Waals surface area contributed by atoms with Crippen molar-refractivity contribution in [3.8, 4) is 11.3 Å². The Labute approximate surface area is 162 Å². The average molecular weight is 382 g/mol. The van der Waals surface area contributed by atoms with Gasteiger partial charge in [-0.3, -0.25) is 14.2 Å². The van der Waals surface area contributed by atoms with E-state index in [4.69, 9.17) is 11.6 Å². The number of hydrogen-bond acceptors (Lipinski definition) is 3. The Morgan fingerprint density at radius 3 is 2.37 bits per heavy atom. The van der Waals surface area contributed by atoms with Crippen LogP contribution in [0.1, 0.15) is 25.3 Å². The number of carbonyl (C=O) groups is 1. The van der Waals surface area contributed by atoms with E-state index in [9.17, 15) is 9.59 Å². The van der Waals surface area contributed by atoms with Gasteiger partial charge in [-0.2, -0.15) is 0 Å². The van der Waals surface area contributed by atoms with E-state index in [1.807, 2.05) is 24.3 Å². The van der Waals surface area contributed by atoms with Crippen LogP contribution in [-0.4, -0.2) is 15.5 Å². The molecule has 1 N–H and O–H groups in total. The molecule has 0 bridgehead atoms. The van der Waals surface area contributed by atoms with Crippen LogP contribution < -0.4 is 10.9 Å². The summed E-state index contributed by atoms with van der Waals surface area (Å²) in [5.41, 5.74) is 2.94. The molecule has 1 amide bonds. The van der Waals surface area contributed by atoms with E-state index in [-0.39, 0.29) is 18.0 Å². The van der Waals surface area contributed by atoms with Crippen molar-refractivity contribution in [2.24, 2.45) is 0 Å². The van der Waals surface area contributed by atoms with Gasteiger partial charge in [-0.25, -0.2) is 4.98 Å². The maximum atomic E-state index is 12.3. The van der Waals surface area contributed by atoms with Gasteiger partial charge < -0.3 is 5.32 Å². The van der Waals surface area contributed by atoms with Crippen molar-refractivity contribution in [2.75, 3.05) is 5.32 Å². The van der Waals surface area contributed by atoms with Crippen LogP contribution >= 0.6 is 11.6 Å². The van der Waals surface area contributed by atoms with Crippen molar-refractivity contribution in [3.63, 3.8) is 0 Å². The molecule has 3 aromatic rings. The molecule has 1 heterocycles. The van der Waals surface area contributed by atoms with E-state index in [0.717, 1.165) is 5.56 Å². The predicted molar refractivity (Wildman–Crippen MR) is 108 cm³/mol. The second-order valence-electron chi connectivity index (χ2n) is 6.57. The van der Waals surface area contributed by atoms with Crippen molar-refractivity contribution >= 4 is 23.2 Å². The zero-order valence-electron chi connectivity index (χ0n) is 15.1. The van der Waals surface area contributed by atoms with Crippen molar-refractivity contribution < 1.29 is 4.79 Å². The van der Waals surface area contributed by atoms with Crippen LogP contribution in [0.5, 0.6) is 0 Å². The third-order valence-corrected chi connectivity index (χ3v) is 4.45. The summed E-state index contributed by atoms with van der Waals surface area (Å²) in [6.45, 7) is 4.13. The van der Waals surface area contributed by atoms with E-state index >= 15 is 0 Å². The van der Waals surface area contributed by atoms with Crippen molar-refractivity contribution in [1.82, 2.24) is 9.55 Å². The van der Waals surface area contributed by atoms with Gasteiger partial charge in [-0.15, -0.1) is 0 Å². The quantitative estimate of drug-likeness (QED) is 0.715. The molecule has 138 valence electrons. The number of nitrogens with one attached hydrogen (secondary N) is 1. The van der Waals surface area contributed by atoms with Gasteiger partial charge >= 0.3 is 0 Å². The number of aromatic nitrogens is 2. The Balaban J connectivity index is 1.69. The maximum absolute atomic E-state index is 12.3. The molecule has 0 aliphatic heterocycles. The first kappa shape index (κ1) is 18.9. The molecule has 0 saturated heterocycles. The fourth-order valence-electron chi connectivity index (χ4n) is 2.63. The Morgan fingerprint density at radius 2 is 1.78 bits per heavy atom. The van der Waals surface area contributed by atoms with Crippen LogP contribution in [0.2, 0.25) is 5.02 Å². The minimum absolute atomic E-state index is 0.0985. The lowest BCUT2D eigenvalue weighted by atomic mass is 10.0. The number of amides is 1. The van der Waals surface area contributed by atoms with Crippen LogP contribution in [0.4, 0.5) is 5.69 Å². The molecular formula is C21H20ClN3O2. The van der Waals surface area contributed by atoms with Gasteiger partial charge in [0.1, 0.15) is 6.54 Å². The molecule has 2 aromatic carbocycles. The molecule has 0 aliphatic rings. The summed E-state index contributed by atoms with van der Waals surface area (Å²) < 4.78 is 1.28. The minimum Gasteiger partial charge on any atom is -0.325 e. The highest BCUT2D eigenvalue weighted by Gasteiger charge is 2.08. The maximum Gasteiger partial charge on any atom is 0.254 e. The molecule has 1 aromatic heterocycles. The Kier molecular flexibility index (Phi) is 5.72. The van der Waals surface area contributed by atoms with Crippen molar-refractivity contribution in [3.05, 3.63) is 81.9 Å². The molecule has 0 atom stereocenters. The van der Waals surface area contributed by atoms with Crippen LogP contribution in [0, 0.1) is 0 Å². The number of hydrogen-bond donors (Lipinski definition) is 1. The fraction of sp³-hybridized carbons (Fsp3) is 0.190. The van der Waals surface area contributed by atoms with E-state index in [1.54, 1.807) is 24.3 Å². The summed E-state index contributed by atoms with van der Waals surface area (Å²) in [7, 11) is 0. The molecule has 0 radical (unpaired) electrons. The Hall–Kier alpha value is -2.92. The SMILES string of the molecule is CC(C)c1ccc(NC(=O)Cn2cnc(-c3ccc(Cl)cc3)cc2=O)cc1. The first-order valence-corrected chi connectivity index (χ1v) is 9.02. The highest BCUT2D eigenvalue weighted by Crippen LogP contribution is 2.18. The number of rotatable bonds is 5. The zero-order chi connectivity index (χ0) is 19.4. The lowest BCUT2D eigenvalue weighted by molar-refractivity contribution is -0.116. The Morgan fingerprint density at radius 1 is 1.11 bits per heavy atom. The van der Waals surface area contributed by atoms with Crippen LogP contribution in [0.15, 0.2) is 65.7 Å². The molecular weight excluding hydrogens is 362 g/mol. The summed E-state index contributed by atoms with van der Waals surface area (Å²) in [6, 6.07) is 16.2. The summed E-state index contributed by atoms with van der Waals surface area (Å²) in [4.78, 5) is 28.8. The number of nitrogens with zero attached hydrogens (tertiary/aromatic N) is 2. The second kappa shape index (κ2) is 8.18. The van der Waals surface area contributed by atoms with Gasteiger partial charge in [0, 0.05) is 22.3 Å². The average Bonchev–Trinajstić information content (AvgIpc) is 2.64. The van der Waals surface area contributed by atoms with Gasteiger partial charge in [-0.1, -0.05) is 49.7 Å². The molecule has 0 fully saturated rings. The molecule has 6 heteroatoms. The number of benzene rings is 2. The topological polar surface area (TPSA) is 64.0 Å². The van der Waals surface area contributed by atoms with Crippen molar-refractivity contribution in [1.29, 1.82) is 0 Å². The van der Waals surface area contributed by atoms with E-state index in [2.05, 4.69) is 24.1 Å².